The lowest BCUT2D eigenvalue weighted by atomic mass is 9.57. The van der Waals surface area contributed by atoms with Crippen LogP contribution in [-0.2, 0) is 15.0 Å². The summed E-state index contributed by atoms with van der Waals surface area (Å²) in [6, 6.07) is 17.3. The van der Waals surface area contributed by atoms with Gasteiger partial charge in [0.15, 0.2) is 11.5 Å². The van der Waals surface area contributed by atoms with Gasteiger partial charge in [-0.3, -0.25) is 15.0 Å². The summed E-state index contributed by atoms with van der Waals surface area (Å²) >= 11 is 6.20. The van der Waals surface area contributed by atoms with E-state index in [1.54, 1.807) is 42.5 Å². The standard InChI is InChI=1S/C31H26ClFN2O4/c1-3-20-6-16-26-29(37)35(34-24-13-11-23(33)12-14-24)30(38)31(26,21-7-9-22(32)10-8-21)25(20)15-4-19-5-17-27(36)28(18-19)39-2/h3-15,17-18,25-26,34,36H,1,16H2,2H3. The number of benzene rings is 3. The number of carbonyl (C=O) groups excluding carboxylic acids is 2. The Morgan fingerprint density at radius 1 is 1.13 bits per heavy atom. The molecule has 1 aliphatic heterocycles. The van der Waals surface area contributed by atoms with E-state index in [9.17, 15) is 19.1 Å². The van der Waals surface area contributed by atoms with Gasteiger partial charge in [0.1, 0.15) is 5.82 Å². The Labute approximate surface area is 230 Å². The van der Waals surface area contributed by atoms with E-state index in [1.165, 1.54) is 37.4 Å². The highest BCUT2D eigenvalue weighted by molar-refractivity contribution is 6.30. The highest BCUT2D eigenvalue weighted by atomic mass is 35.5. The van der Waals surface area contributed by atoms with Crippen molar-refractivity contribution in [2.75, 3.05) is 12.5 Å². The van der Waals surface area contributed by atoms with Crippen LogP contribution in [0.2, 0.25) is 5.02 Å². The number of hydrogen-bond donors (Lipinski definition) is 2. The summed E-state index contributed by atoms with van der Waals surface area (Å²) in [4.78, 5) is 28.3. The number of aromatic hydroxyl groups is 1. The molecule has 3 aromatic carbocycles. The fourth-order valence-corrected chi connectivity index (χ4v) is 5.66. The second kappa shape index (κ2) is 10.4. The molecule has 3 aromatic rings. The van der Waals surface area contributed by atoms with Crippen LogP contribution in [0.25, 0.3) is 6.08 Å². The number of amides is 2. The second-order valence-corrected chi connectivity index (χ2v) is 9.87. The minimum Gasteiger partial charge on any atom is -0.504 e. The number of halogens is 2. The molecular weight excluding hydrogens is 519 g/mol. The van der Waals surface area contributed by atoms with Gasteiger partial charge in [-0.1, -0.05) is 60.7 Å². The quantitative estimate of drug-likeness (QED) is 0.342. The van der Waals surface area contributed by atoms with Crippen molar-refractivity contribution in [2.24, 2.45) is 11.8 Å². The Balaban J connectivity index is 1.65. The average molecular weight is 545 g/mol. The van der Waals surface area contributed by atoms with E-state index in [-0.39, 0.29) is 11.7 Å². The molecule has 39 heavy (non-hydrogen) atoms. The number of ether oxygens (including phenoxy) is 1. The molecule has 3 unspecified atom stereocenters. The number of allylic oxidation sites excluding steroid dienone is 4. The number of phenolic OH excluding ortho intramolecular Hbond substituents is 1. The zero-order valence-corrected chi connectivity index (χ0v) is 21.9. The Morgan fingerprint density at radius 3 is 2.51 bits per heavy atom. The van der Waals surface area contributed by atoms with Crippen molar-refractivity contribution in [3.8, 4) is 11.5 Å². The van der Waals surface area contributed by atoms with Crippen LogP contribution in [0, 0.1) is 17.7 Å². The first-order chi connectivity index (χ1) is 18.8. The highest BCUT2D eigenvalue weighted by Gasteiger charge is 2.65. The normalized spacial score (nSPS) is 22.5. The van der Waals surface area contributed by atoms with Crippen molar-refractivity contribution in [1.29, 1.82) is 0 Å². The molecule has 0 saturated carbocycles. The van der Waals surface area contributed by atoms with Crippen LogP contribution in [0.15, 0.2) is 97.1 Å². The second-order valence-electron chi connectivity index (χ2n) is 9.44. The van der Waals surface area contributed by atoms with E-state index >= 15 is 0 Å². The third kappa shape index (κ3) is 4.49. The lowest BCUT2D eigenvalue weighted by molar-refractivity contribution is -0.138. The Hall–Kier alpha value is -4.36. The van der Waals surface area contributed by atoms with Crippen molar-refractivity contribution in [2.45, 2.75) is 11.8 Å². The fourth-order valence-electron chi connectivity index (χ4n) is 5.53. The van der Waals surface area contributed by atoms with Crippen LogP contribution in [0.3, 0.4) is 0 Å². The van der Waals surface area contributed by atoms with Crippen molar-refractivity contribution in [3.63, 3.8) is 0 Å². The summed E-state index contributed by atoms with van der Waals surface area (Å²) < 4.78 is 18.7. The molecule has 3 atom stereocenters. The predicted molar refractivity (Wildman–Crippen MR) is 149 cm³/mol. The van der Waals surface area contributed by atoms with E-state index in [4.69, 9.17) is 16.3 Å². The van der Waals surface area contributed by atoms with Gasteiger partial charge < -0.3 is 9.84 Å². The SMILES string of the molecule is C=CC1=CCC2C(=O)N(Nc3ccc(F)cc3)C(=O)C2(c2ccc(Cl)cc2)C1C=Cc1ccc(O)c(OC)c1. The van der Waals surface area contributed by atoms with Gasteiger partial charge in [-0.15, -0.1) is 0 Å². The van der Waals surface area contributed by atoms with Crippen molar-refractivity contribution < 1.29 is 23.8 Å². The summed E-state index contributed by atoms with van der Waals surface area (Å²) in [5, 5.41) is 11.5. The predicted octanol–water partition coefficient (Wildman–Crippen LogP) is 6.29. The van der Waals surface area contributed by atoms with Crippen LogP contribution in [0.1, 0.15) is 17.5 Å². The number of hydrazine groups is 1. The number of methoxy groups -OCH3 is 1. The molecule has 0 radical (unpaired) electrons. The molecule has 1 heterocycles. The monoisotopic (exact) mass is 544 g/mol. The molecule has 5 rings (SSSR count). The maximum absolute atomic E-state index is 14.4. The molecule has 1 saturated heterocycles. The van der Waals surface area contributed by atoms with E-state index < -0.39 is 29.0 Å². The number of phenols is 1. The number of imide groups is 1. The molecule has 2 aliphatic rings. The van der Waals surface area contributed by atoms with Crippen LogP contribution in [-0.4, -0.2) is 29.0 Å². The molecular formula is C31H26ClFN2O4. The Kier molecular flexibility index (Phi) is 7.02. The molecule has 1 aliphatic carbocycles. The smallest absolute Gasteiger partial charge is 0.260 e. The van der Waals surface area contributed by atoms with Crippen LogP contribution in [0.4, 0.5) is 10.1 Å². The van der Waals surface area contributed by atoms with Crippen LogP contribution < -0.4 is 10.2 Å². The average Bonchev–Trinajstić information content (AvgIpc) is 3.16. The number of fused-ring (bicyclic) bond motifs is 1. The largest absolute Gasteiger partial charge is 0.504 e. The van der Waals surface area contributed by atoms with E-state index in [0.29, 0.717) is 28.4 Å². The van der Waals surface area contributed by atoms with Gasteiger partial charge in [-0.2, -0.15) is 5.01 Å². The van der Waals surface area contributed by atoms with Gasteiger partial charge in [0.2, 0.25) is 0 Å². The van der Waals surface area contributed by atoms with Gasteiger partial charge in [-0.05, 0) is 71.7 Å². The van der Waals surface area contributed by atoms with E-state index in [0.717, 1.165) is 16.1 Å². The first-order valence-electron chi connectivity index (χ1n) is 12.3. The van der Waals surface area contributed by atoms with E-state index in [1.807, 2.05) is 18.2 Å². The molecule has 0 bridgehead atoms. The maximum atomic E-state index is 14.4. The Bertz CT molecular complexity index is 1500. The number of nitrogens with zero attached hydrogens (tertiary/aromatic N) is 1. The van der Waals surface area contributed by atoms with Crippen molar-refractivity contribution in [1.82, 2.24) is 5.01 Å². The van der Waals surface area contributed by atoms with Gasteiger partial charge in [0.25, 0.3) is 11.8 Å². The molecule has 0 aromatic heterocycles. The number of nitrogens with one attached hydrogen (secondary N) is 1. The first kappa shape index (κ1) is 26.3. The highest BCUT2D eigenvalue weighted by Crippen LogP contribution is 2.54. The van der Waals surface area contributed by atoms with E-state index in [2.05, 4.69) is 12.0 Å². The topological polar surface area (TPSA) is 78.9 Å². The van der Waals surface area contributed by atoms with Gasteiger partial charge >= 0.3 is 0 Å². The Morgan fingerprint density at radius 2 is 1.85 bits per heavy atom. The van der Waals surface area contributed by atoms with Crippen molar-refractivity contribution in [3.05, 3.63) is 119 Å². The number of rotatable bonds is 7. The number of carbonyl (C=O) groups is 2. The van der Waals surface area contributed by atoms with Gasteiger partial charge in [0, 0.05) is 10.9 Å². The molecule has 2 amide bonds. The molecule has 2 N–H and O–H groups in total. The maximum Gasteiger partial charge on any atom is 0.260 e. The lowest BCUT2D eigenvalue weighted by Gasteiger charge is -2.41. The number of anilines is 1. The third-order valence-corrected chi connectivity index (χ3v) is 7.64. The summed E-state index contributed by atoms with van der Waals surface area (Å²) in [5.74, 6) is -2.21. The van der Waals surface area contributed by atoms with Crippen LogP contribution >= 0.6 is 11.6 Å². The minimum absolute atomic E-state index is 0.00997. The minimum atomic E-state index is -1.30. The molecule has 1 fully saturated rings. The van der Waals surface area contributed by atoms with Crippen molar-refractivity contribution >= 4 is 35.2 Å². The summed E-state index contributed by atoms with van der Waals surface area (Å²) in [6.45, 7) is 3.98. The summed E-state index contributed by atoms with van der Waals surface area (Å²) in [5.41, 5.74) is 4.18. The first-order valence-corrected chi connectivity index (χ1v) is 12.7. The summed E-state index contributed by atoms with van der Waals surface area (Å²) in [6.07, 6.45) is 7.68. The zero-order chi connectivity index (χ0) is 27.7. The number of hydrogen-bond acceptors (Lipinski definition) is 5. The molecule has 198 valence electrons. The van der Waals surface area contributed by atoms with Gasteiger partial charge in [0.05, 0.1) is 24.1 Å². The fraction of sp³-hybridized carbons (Fsp3) is 0.161. The lowest BCUT2D eigenvalue weighted by Crippen LogP contribution is -2.49. The molecule has 0 spiro atoms. The zero-order valence-electron chi connectivity index (χ0n) is 21.1. The molecule has 8 heteroatoms. The van der Waals surface area contributed by atoms with Crippen LogP contribution in [0.5, 0.6) is 11.5 Å². The third-order valence-electron chi connectivity index (χ3n) is 7.39. The van der Waals surface area contributed by atoms with Gasteiger partial charge in [-0.25, -0.2) is 4.39 Å². The molecule has 6 nitrogen and oxygen atoms in total. The summed E-state index contributed by atoms with van der Waals surface area (Å²) in [7, 11) is 1.47.